The van der Waals surface area contributed by atoms with Crippen LogP contribution in [0.5, 0.6) is 0 Å². The Balaban J connectivity index is 2.37. The highest BCUT2D eigenvalue weighted by atomic mass is 35.5. The molecule has 0 spiro atoms. The van der Waals surface area contributed by atoms with Crippen molar-refractivity contribution in [2.75, 3.05) is 11.1 Å². The molecule has 4 nitrogen and oxygen atoms in total. The van der Waals surface area contributed by atoms with E-state index in [4.69, 9.17) is 40.5 Å². The van der Waals surface area contributed by atoms with Crippen LogP contribution in [0.1, 0.15) is 0 Å². The van der Waals surface area contributed by atoms with E-state index >= 15 is 0 Å². The summed E-state index contributed by atoms with van der Waals surface area (Å²) in [7, 11) is 0. The van der Waals surface area contributed by atoms with Crippen LogP contribution in [0.3, 0.4) is 0 Å². The Kier molecular flexibility index (Phi) is 3.75. The fraction of sp³-hybridized carbons (Fsp3) is 0. The predicted molar refractivity (Wildman–Crippen MR) is 71.2 cm³/mol. The lowest BCUT2D eigenvalue weighted by molar-refractivity contribution is 0.629. The lowest BCUT2D eigenvalue weighted by Crippen LogP contribution is -2.01. The maximum Gasteiger partial charge on any atom is 0.160 e. The van der Waals surface area contributed by atoms with Gasteiger partial charge in [-0.2, -0.15) is 0 Å². The van der Waals surface area contributed by atoms with Crippen molar-refractivity contribution in [2.45, 2.75) is 0 Å². The average Bonchev–Trinajstić information content (AvgIpc) is 2.32. The van der Waals surface area contributed by atoms with E-state index in [-0.39, 0.29) is 26.7 Å². The molecule has 2 rings (SSSR count). The zero-order valence-electron chi connectivity index (χ0n) is 8.72. The van der Waals surface area contributed by atoms with Crippen LogP contribution in [0, 0.1) is 5.82 Å². The quantitative estimate of drug-likeness (QED) is 0.652. The predicted octanol–water partition coefficient (Wildman–Crippen LogP) is 3.90. The van der Waals surface area contributed by atoms with Crippen molar-refractivity contribution in [1.82, 2.24) is 9.97 Å². The molecule has 0 aliphatic carbocycles. The summed E-state index contributed by atoms with van der Waals surface area (Å²) in [5.41, 5.74) is 6.29. The molecule has 94 valence electrons. The maximum atomic E-state index is 13.2. The Morgan fingerprint density at radius 3 is 2.33 bits per heavy atom. The third-order valence-corrected chi connectivity index (χ3v) is 2.93. The van der Waals surface area contributed by atoms with Crippen molar-refractivity contribution >= 4 is 52.0 Å². The Hall–Kier alpha value is -1.30. The fourth-order valence-corrected chi connectivity index (χ4v) is 1.86. The molecule has 0 saturated heterocycles. The minimum Gasteiger partial charge on any atom is -0.393 e. The summed E-state index contributed by atoms with van der Waals surface area (Å²) in [6, 6.07) is 2.72. The Bertz CT molecular complexity index is 583. The topological polar surface area (TPSA) is 63.8 Å². The largest absolute Gasteiger partial charge is 0.393 e. The Morgan fingerprint density at radius 2 is 1.72 bits per heavy atom. The van der Waals surface area contributed by atoms with Gasteiger partial charge in [0.15, 0.2) is 16.8 Å². The number of hydrogen-bond acceptors (Lipinski definition) is 4. The number of nitrogens with zero attached hydrogens (tertiary/aromatic N) is 2. The molecule has 3 N–H and O–H groups in total. The van der Waals surface area contributed by atoms with E-state index in [1.54, 1.807) is 0 Å². The van der Waals surface area contributed by atoms with Crippen molar-refractivity contribution in [1.29, 1.82) is 0 Å². The van der Waals surface area contributed by atoms with Gasteiger partial charge in [0.1, 0.15) is 12.0 Å². The van der Waals surface area contributed by atoms with Gasteiger partial charge in [-0.3, -0.25) is 0 Å². The summed E-state index contributed by atoms with van der Waals surface area (Å²) < 4.78 is 13.2. The van der Waals surface area contributed by atoms with Gasteiger partial charge in [-0.25, -0.2) is 14.4 Å². The van der Waals surface area contributed by atoms with E-state index in [1.165, 1.54) is 18.5 Å². The van der Waals surface area contributed by atoms with Gasteiger partial charge in [-0.05, 0) is 12.1 Å². The van der Waals surface area contributed by atoms with Crippen LogP contribution in [0.2, 0.25) is 15.2 Å². The van der Waals surface area contributed by atoms with Crippen molar-refractivity contribution < 1.29 is 4.39 Å². The number of anilines is 3. The molecule has 18 heavy (non-hydrogen) atoms. The molecule has 2 aromatic rings. The second-order valence-corrected chi connectivity index (χ2v) is 4.48. The molecule has 0 atom stereocenters. The van der Waals surface area contributed by atoms with Crippen LogP contribution in [0.25, 0.3) is 0 Å². The first-order valence-electron chi connectivity index (χ1n) is 4.66. The SMILES string of the molecule is Nc1c(Cl)ncnc1Nc1cc(Cl)c(F)c(Cl)c1. The average molecular weight is 308 g/mol. The lowest BCUT2D eigenvalue weighted by Gasteiger charge is -2.09. The summed E-state index contributed by atoms with van der Waals surface area (Å²) in [4.78, 5) is 7.61. The van der Waals surface area contributed by atoms with Gasteiger partial charge in [0, 0.05) is 5.69 Å². The fourth-order valence-electron chi connectivity index (χ4n) is 1.24. The van der Waals surface area contributed by atoms with Crippen molar-refractivity contribution in [3.63, 3.8) is 0 Å². The number of aromatic nitrogens is 2. The normalized spacial score (nSPS) is 10.4. The van der Waals surface area contributed by atoms with E-state index < -0.39 is 5.82 Å². The molecule has 1 aromatic heterocycles. The summed E-state index contributed by atoms with van der Waals surface area (Å²) in [6.45, 7) is 0. The minimum absolute atomic E-state index is 0.108. The first-order chi connectivity index (χ1) is 8.49. The minimum atomic E-state index is -0.683. The van der Waals surface area contributed by atoms with Crippen LogP contribution >= 0.6 is 34.8 Å². The number of nitrogens with two attached hydrogens (primary N) is 1. The highest BCUT2D eigenvalue weighted by Gasteiger charge is 2.10. The summed E-state index contributed by atoms with van der Waals surface area (Å²) in [5, 5.41) is 2.73. The molecule has 0 radical (unpaired) electrons. The maximum absolute atomic E-state index is 13.2. The first kappa shape index (κ1) is 13.1. The van der Waals surface area contributed by atoms with E-state index in [2.05, 4.69) is 15.3 Å². The number of halogens is 4. The number of benzene rings is 1. The second-order valence-electron chi connectivity index (χ2n) is 3.31. The van der Waals surface area contributed by atoms with Crippen molar-refractivity contribution in [3.05, 3.63) is 39.5 Å². The first-order valence-corrected chi connectivity index (χ1v) is 5.80. The lowest BCUT2D eigenvalue weighted by atomic mass is 10.3. The monoisotopic (exact) mass is 306 g/mol. The third-order valence-electron chi connectivity index (χ3n) is 2.08. The molecule has 8 heteroatoms. The van der Waals surface area contributed by atoms with E-state index in [0.29, 0.717) is 5.69 Å². The number of hydrogen-bond donors (Lipinski definition) is 2. The molecular weight excluding hydrogens is 301 g/mol. The standard InChI is InChI=1S/C10H6Cl3FN4/c11-5-1-4(2-6(12)7(5)14)18-10-8(15)9(13)16-3-17-10/h1-3H,15H2,(H,16,17,18). The molecule has 0 unspecified atom stereocenters. The zero-order chi connectivity index (χ0) is 13.3. The van der Waals surface area contributed by atoms with E-state index in [0.717, 1.165) is 0 Å². The van der Waals surface area contributed by atoms with Gasteiger partial charge in [0.2, 0.25) is 0 Å². The van der Waals surface area contributed by atoms with Crippen LogP contribution in [-0.2, 0) is 0 Å². The summed E-state index contributed by atoms with van der Waals surface area (Å²) >= 11 is 17.1. The molecule has 0 bridgehead atoms. The Labute approximate surface area is 117 Å². The number of rotatable bonds is 2. The van der Waals surface area contributed by atoms with Crippen LogP contribution in [-0.4, -0.2) is 9.97 Å². The highest BCUT2D eigenvalue weighted by Crippen LogP contribution is 2.31. The van der Waals surface area contributed by atoms with Crippen LogP contribution in [0.15, 0.2) is 18.5 Å². The number of nitrogen functional groups attached to an aromatic ring is 1. The molecule has 0 amide bonds. The van der Waals surface area contributed by atoms with E-state index in [1.807, 2.05) is 0 Å². The van der Waals surface area contributed by atoms with Gasteiger partial charge in [-0.1, -0.05) is 34.8 Å². The Morgan fingerprint density at radius 1 is 1.11 bits per heavy atom. The van der Waals surface area contributed by atoms with Crippen molar-refractivity contribution in [3.8, 4) is 0 Å². The smallest absolute Gasteiger partial charge is 0.160 e. The molecule has 1 heterocycles. The van der Waals surface area contributed by atoms with Gasteiger partial charge in [0.25, 0.3) is 0 Å². The molecule has 0 saturated carbocycles. The van der Waals surface area contributed by atoms with Gasteiger partial charge in [-0.15, -0.1) is 0 Å². The zero-order valence-corrected chi connectivity index (χ0v) is 11.0. The van der Waals surface area contributed by atoms with E-state index in [9.17, 15) is 4.39 Å². The third kappa shape index (κ3) is 2.58. The summed E-state index contributed by atoms with van der Waals surface area (Å²) in [5.74, 6) is -0.397. The van der Waals surface area contributed by atoms with Crippen molar-refractivity contribution in [2.24, 2.45) is 0 Å². The molecule has 0 fully saturated rings. The second kappa shape index (κ2) is 5.14. The molecule has 0 aliphatic rings. The molecule has 0 aliphatic heterocycles. The number of nitrogens with one attached hydrogen (secondary N) is 1. The van der Waals surface area contributed by atoms with Gasteiger partial charge in [0.05, 0.1) is 10.0 Å². The molecular formula is C10H6Cl3FN4. The summed E-state index contributed by atoms with van der Waals surface area (Å²) in [6.07, 6.45) is 1.24. The molecule has 1 aromatic carbocycles. The highest BCUT2D eigenvalue weighted by molar-refractivity contribution is 6.35. The van der Waals surface area contributed by atoms with Crippen LogP contribution < -0.4 is 11.1 Å². The van der Waals surface area contributed by atoms with Gasteiger partial charge < -0.3 is 11.1 Å². The van der Waals surface area contributed by atoms with Crippen LogP contribution in [0.4, 0.5) is 21.6 Å². The van der Waals surface area contributed by atoms with Gasteiger partial charge >= 0.3 is 0 Å².